The number of fused-ring (bicyclic) bond motifs is 3. The second-order valence-electron chi connectivity index (χ2n) is 4.35. The van der Waals surface area contributed by atoms with E-state index in [0.29, 0.717) is 0 Å². The largest absolute Gasteiger partial charge is 0.363 e. The molecular formula is C12H12BrNO2. The highest BCUT2D eigenvalue weighted by molar-refractivity contribution is 9.10. The van der Waals surface area contributed by atoms with E-state index in [-0.39, 0.29) is 24.2 Å². The SMILES string of the molecule is C[C@@H]1O[C@@H]2Cc3cc(Br)ccc3[C@@H]2NC1=O. The molecule has 1 heterocycles. The Hall–Kier alpha value is -0.870. The first kappa shape index (κ1) is 10.3. The molecule has 84 valence electrons. The Balaban J connectivity index is 1.98. The number of halogens is 1. The van der Waals surface area contributed by atoms with Crippen molar-refractivity contribution >= 4 is 21.8 Å². The van der Waals surface area contributed by atoms with Gasteiger partial charge in [0.15, 0.2) is 0 Å². The molecule has 16 heavy (non-hydrogen) atoms. The summed E-state index contributed by atoms with van der Waals surface area (Å²) < 4.78 is 6.79. The highest BCUT2D eigenvalue weighted by Crippen LogP contribution is 2.37. The number of nitrogens with one attached hydrogen (secondary N) is 1. The molecular weight excluding hydrogens is 270 g/mol. The summed E-state index contributed by atoms with van der Waals surface area (Å²) in [7, 11) is 0. The van der Waals surface area contributed by atoms with Gasteiger partial charge in [-0.1, -0.05) is 22.0 Å². The van der Waals surface area contributed by atoms with Gasteiger partial charge in [-0.05, 0) is 30.2 Å². The second kappa shape index (κ2) is 3.57. The number of morpholine rings is 1. The maximum Gasteiger partial charge on any atom is 0.249 e. The van der Waals surface area contributed by atoms with Gasteiger partial charge in [-0.2, -0.15) is 0 Å². The van der Waals surface area contributed by atoms with Crippen LogP contribution < -0.4 is 5.32 Å². The van der Waals surface area contributed by atoms with Gasteiger partial charge >= 0.3 is 0 Å². The fraction of sp³-hybridized carbons (Fsp3) is 0.417. The van der Waals surface area contributed by atoms with Crippen LogP contribution in [0.1, 0.15) is 24.1 Å². The van der Waals surface area contributed by atoms with Gasteiger partial charge in [0.25, 0.3) is 0 Å². The zero-order valence-corrected chi connectivity index (χ0v) is 10.5. The van der Waals surface area contributed by atoms with Crippen molar-refractivity contribution in [3.05, 3.63) is 33.8 Å². The first-order valence-electron chi connectivity index (χ1n) is 5.39. The molecule has 0 unspecified atom stereocenters. The average molecular weight is 282 g/mol. The Bertz CT molecular complexity index is 460. The number of carbonyl (C=O) groups excluding carboxylic acids is 1. The predicted octanol–water partition coefficient (Wildman–Crippen LogP) is 1.95. The van der Waals surface area contributed by atoms with E-state index in [0.717, 1.165) is 10.9 Å². The van der Waals surface area contributed by atoms with Crippen molar-refractivity contribution in [3.8, 4) is 0 Å². The summed E-state index contributed by atoms with van der Waals surface area (Å²) >= 11 is 3.46. The van der Waals surface area contributed by atoms with Gasteiger partial charge in [0.05, 0.1) is 12.1 Å². The Morgan fingerprint density at radius 3 is 3.12 bits per heavy atom. The standard InChI is InChI=1S/C12H12BrNO2/c1-6-12(15)14-11-9-3-2-8(13)4-7(9)5-10(11)16-6/h2-4,6,10-11H,5H2,1H3,(H,14,15)/t6-,10+,11-/m0/s1. The lowest BCUT2D eigenvalue weighted by Crippen LogP contribution is -2.48. The highest BCUT2D eigenvalue weighted by atomic mass is 79.9. The molecule has 0 bridgehead atoms. The van der Waals surface area contributed by atoms with E-state index in [1.54, 1.807) is 6.92 Å². The summed E-state index contributed by atoms with van der Waals surface area (Å²) in [5, 5.41) is 3.02. The van der Waals surface area contributed by atoms with Crippen LogP contribution in [0.2, 0.25) is 0 Å². The molecule has 1 amide bonds. The summed E-state index contributed by atoms with van der Waals surface area (Å²) in [4.78, 5) is 11.6. The molecule has 1 saturated heterocycles. The van der Waals surface area contributed by atoms with E-state index >= 15 is 0 Å². The van der Waals surface area contributed by atoms with Crippen LogP contribution in [0.4, 0.5) is 0 Å². The first-order chi connectivity index (χ1) is 7.65. The number of benzene rings is 1. The van der Waals surface area contributed by atoms with Gasteiger partial charge in [-0.25, -0.2) is 0 Å². The third-order valence-corrected chi connectivity index (χ3v) is 3.77. The lowest BCUT2D eigenvalue weighted by Gasteiger charge is -2.31. The molecule has 1 fully saturated rings. The molecule has 3 nitrogen and oxygen atoms in total. The topological polar surface area (TPSA) is 38.3 Å². The summed E-state index contributed by atoms with van der Waals surface area (Å²) in [6.07, 6.45) is 0.639. The lowest BCUT2D eigenvalue weighted by molar-refractivity contribution is -0.146. The van der Waals surface area contributed by atoms with Crippen LogP contribution in [0.5, 0.6) is 0 Å². The number of hydrogen-bond acceptors (Lipinski definition) is 2. The van der Waals surface area contributed by atoms with Crippen molar-refractivity contribution in [3.63, 3.8) is 0 Å². The zero-order valence-electron chi connectivity index (χ0n) is 8.87. The van der Waals surface area contributed by atoms with Crippen LogP contribution in [-0.2, 0) is 16.0 Å². The molecule has 1 N–H and O–H groups in total. The van der Waals surface area contributed by atoms with Crippen LogP contribution in [0, 0.1) is 0 Å². The number of rotatable bonds is 0. The summed E-state index contributed by atoms with van der Waals surface area (Å²) in [6.45, 7) is 1.80. The number of carbonyl (C=O) groups is 1. The highest BCUT2D eigenvalue weighted by Gasteiger charge is 2.40. The number of hydrogen-bond donors (Lipinski definition) is 1. The van der Waals surface area contributed by atoms with E-state index < -0.39 is 0 Å². The molecule has 0 radical (unpaired) electrons. The van der Waals surface area contributed by atoms with Crippen molar-refractivity contribution in [2.75, 3.05) is 0 Å². The van der Waals surface area contributed by atoms with Crippen molar-refractivity contribution in [2.24, 2.45) is 0 Å². The number of amides is 1. The zero-order chi connectivity index (χ0) is 11.3. The van der Waals surface area contributed by atoms with E-state index in [9.17, 15) is 4.79 Å². The third kappa shape index (κ3) is 1.48. The van der Waals surface area contributed by atoms with Crippen molar-refractivity contribution in [2.45, 2.75) is 31.6 Å². The molecule has 1 aromatic carbocycles. The average Bonchev–Trinajstić information content (AvgIpc) is 2.55. The Labute approximate surface area is 102 Å². The van der Waals surface area contributed by atoms with Gasteiger partial charge < -0.3 is 10.1 Å². The van der Waals surface area contributed by atoms with Crippen LogP contribution in [0.25, 0.3) is 0 Å². The van der Waals surface area contributed by atoms with E-state index in [4.69, 9.17) is 4.74 Å². The molecule has 1 aromatic rings. The summed E-state index contributed by atoms with van der Waals surface area (Å²) in [6, 6.07) is 6.20. The Morgan fingerprint density at radius 1 is 1.50 bits per heavy atom. The van der Waals surface area contributed by atoms with Crippen molar-refractivity contribution in [1.82, 2.24) is 5.32 Å². The maximum atomic E-state index is 11.6. The van der Waals surface area contributed by atoms with Crippen LogP contribution in [-0.4, -0.2) is 18.1 Å². The summed E-state index contributed by atoms with van der Waals surface area (Å²) in [5.74, 6) is -0.0166. The van der Waals surface area contributed by atoms with Crippen molar-refractivity contribution in [1.29, 1.82) is 0 Å². The van der Waals surface area contributed by atoms with Crippen LogP contribution in [0.3, 0.4) is 0 Å². The molecule has 2 aliphatic rings. The normalized spacial score (nSPS) is 31.9. The molecule has 0 saturated carbocycles. The van der Waals surface area contributed by atoms with Gasteiger partial charge in [0.2, 0.25) is 5.91 Å². The monoisotopic (exact) mass is 281 g/mol. The molecule has 0 spiro atoms. The predicted molar refractivity (Wildman–Crippen MR) is 63.1 cm³/mol. The van der Waals surface area contributed by atoms with Gasteiger partial charge in [-0.15, -0.1) is 0 Å². The van der Waals surface area contributed by atoms with Crippen LogP contribution >= 0.6 is 15.9 Å². The Morgan fingerprint density at radius 2 is 2.31 bits per heavy atom. The smallest absolute Gasteiger partial charge is 0.249 e. The fourth-order valence-corrected chi connectivity index (χ4v) is 2.89. The molecule has 3 rings (SSSR count). The molecule has 3 atom stereocenters. The summed E-state index contributed by atoms with van der Waals surface area (Å²) in [5.41, 5.74) is 2.45. The third-order valence-electron chi connectivity index (χ3n) is 3.28. The quantitative estimate of drug-likeness (QED) is 0.790. The van der Waals surface area contributed by atoms with Crippen molar-refractivity contribution < 1.29 is 9.53 Å². The molecule has 1 aliphatic heterocycles. The molecule has 0 aromatic heterocycles. The van der Waals surface area contributed by atoms with E-state index in [1.807, 2.05) is 6.07 Å². The number of ether oxygens (including phenoxy) is 1. The van der Waals surface area contributed by atoms with Gasteiger partial charge in [-0.3, -0.25) is 4.79 Å². The van der Waals surface area contributed by atoms with E-state index in [2.05, 4.69) is 33.4 Å². The molecule has 4 heteroatoms. The van der Waals surface area contributed by atoms with Crippen LogP contribution in [0.15, 0.2) is 22.7 Å². The fourth-order valence-electron chi connectivity index (χ4n) is 2.48. The second-order valence-corrected chi connectivity index (χ2v) is 5.27. The Kier molecular flexibility index (Phi) is 2.30. The first-order valence-corrected chi connectivity index (χ1v) is 6.18. The minimum absolute atomic E-state index is 0.0166. The lowest BCUT2D eigenvalue weighted by atomic mass is 10.1. The van der Waals surface area contributed by atoms with Gasteiger partial charge in [0, 0.05) is 10.9 Å². The minimum Gasteiger partial charge on any atom is -0.363 e. The maximum absolute atomic E-state index is 11.6. The minimum atomic E-state index is -0.334. The van der Waals surface area contributed by atoms with E-state index in [1.165, 1.54) is 11.1 Å². The molecule has 1 aliphatic carbocycles. The van der Waals surface area contributed by atoms with Gasteiger partial charge in [0.1, 0.15) is 6.10 Å².